The van der Waals surface area contributed by atoms with Crippen molar-refractivity contribution in [2.75, 3.05) is 6.54 Å². The molecule has 0 aliphatic carbocycles. The van der Waals surface area contributed by atoms with Gasteiger partial charge in [-0.2, -0.15) is 4.31 Å². The SMILES string of the molecule is CCN(C(C)C(=O)O)S(=O)(=O)c1ccc(C)cc1. The second kappa shape index (κ2) is 5.49. The van der Waals surface area contributed by atoms with Crippen LogP contribution in [0.4, 0.5) is 0 Å². The number of sulfonamides is 1. The molecule has 0 saturated heterocycles. The van der Waals surface area contributed by atoms with Crippen molar-refractivity contribution in [3.8, 4) is 0 Å². The molecule has 18 heavy (non-hydrogen) atoms. The average Bonchev–Trinajstić information content (AvgIpc) is 2.29. The van der Waals surface area contributed by atoms with E-state index in [0.717, 1.165) is 9.87 Å². The second-order valence-corrected chi connectivity index (χ2v) is 5.93. The van der Waals surface area contributed by atoms with E-state index in [4.69, 9.17) is 5.11 Å². The van der Waals surface area contributed by atoms with Gasteiger partial charge in [-0.3, -0.25) is 4.79 Å². The smallest absolute Gasteiger partial charge is 0.321 e. The van der Waals surface area contributed by atoms with Crippen LogP contribution in [0, 0.1) is 6.92 Å². The number of benzene rings is 1. The highest BCUT2D eigenvalue weighted by molar-refractivity contribution is 7.89. The lowest BCUT2D eigenvalue weighted by atomic mass is 10.2. The van der Waals surface area contributed by atoms with E-state index < -0.39 is 22.0 Å². The van der Waals surface area contributed by atoms with E-state index in [0.29, 0.717) is 0 Å². The number of hydrogen-bond donors (Lipinski definition) is 1. The number of carboxylic acid groups (broad SMARTS) is 1. The lowest BCUT2D eigenvalue weighted by molar-refractivity contribution is -0.140. The molecular weight excluding hydrogens is 254 g/mol. The summed E-state index contributed by atoms with van der Waals surface area (Å²) < 4.78 is 25.5. The van der Waals surface area contributed by atoms with Crippen LogP contribution in [0.5, 0.6) is 0 Å². The van der Waals surface area contributed by atoms with Crippen LogP contribution in [0.2, 0.25) is 0 Å². The Morgan fingerprint density at radius 2 is 1.83 bits per heavy atom. The van der Waals surface area contributed by atoms with Crippen LogP contribution in [0.25, 0.3) is 0 Å². The predicted octanol–water partition coefficient (Wildman–Crippen LogP) is 1.48. The summed E-state index contributed by atoms with van der Waals surface area (Å²) in [5.41, 5.74) is 0.947. The molecule has 0 aliphatic rings. The fourth-order valence-corrected chi connectivity index (χ4v) is 3.22. The van der Waals surface area contributed by atoms with Gasteiger partial charge < -0.3 is 5.11 Å². The van der Waals surface area contributed by atoms with Gasteiger partial charge in [0.1, 0.15) is 6.04 Å². The first-order valence-electron chi connectivity index (χ1n) is 5.62. The van der Waals surface area contributed by atoms with E-state index in [2.05, 4.69) is 0 Å². The van der Waals surface area contributed by atoms with Crippen molar-refractivity contribution >= 4 is 16.0 Å². The van der Waals surface area contributed by atoms with Gasteiger partial charge in [0, 0.05) is 6.54 Å². The van der Waals surface area contributed by atoms with Gasteiger partial charge in [0.15, 0.2) is 0 Å². The molecule has 0 heterocycles. The molecule has 1 atom stereocenters. The molecule has 5 nitrogen and oxygen atoms in total. The number of rotatable bonds is 5. The topological polar surface area (TPSA) is 74.7 Å². The Morgan fingerprint density at radius 1 is 1.33 bits per heavy atom. The zero-order valence-electron chi connectivity index (χ0n) is 10.6. The highest BCUT2D eigenvalue weighted by Gasteiger charge is 2.31. The molecule has 0 amide bonds. The summed E-state index contributed by atoms with van der Waals surface area (Å²) in [5.74, 6) is -1.16. The zero-order chi connectivity index (χ0) is 13.9. The van der Waals surface area contributed by atoms with E-state index in [1.807, 2.05) is 6.92 Å². The van der Waals surface area contributed by atoms with Crippen LogP contribution in [0.3, 0.4) is 0 Å². The third kappa shape index (κ3) is 2.88. The number of aryl methyl sites for hydroxylation is 1. The molecule has 0 aromatic heterocycles. The fraction of sp³-hybridized carbons (Fsp3) is 0.417. The average molecular weight is 271 g/mol. The maximum atomic E-state index is 12.3. The molecule has 0 radical (unpaired) electrons. The van der Waals surface area contributed by atoms with Gasteiger partial charge in [-0.1, -0.05) is 24.6 Å². The monoisotopic (exact) mass is 271 g/mol. The molecule has 0 spiro atoms. The number of likely N-dealkylation sites (N-methyl/N-ethyl adjacent to an activating group) is 1. The molecule has 0 bridgehead atoms. The first kappa shape index (κ1) is 14.7. The minimum absolute atomic E-state index is 0.114. The van der Waals surface area contributed by atoms with E-state index in [-0.39, 0.29) is 11.4 Å². The maximum absolute atomic E-state index is 12.3. The molecule has 0 aliphatic heterocycles. The number of carbonyl (C=O) groups is 1. The number of hydrogen-bond acceptors (Lipinski definition) is 3. The quantitative estimate of drug-likeness (QED) is 0.880. The molecule has 1 aromatic carbocycles. The molecule has 0 saturated carbocycles. The Kier molecular flexibility index (Phi) is 4.48. The van der Waals surface area contributed by atoms with Crippen LogP contribution in [0.15, 0.2) is 29.2 Å². The fourth-order valence-electron chi connectivity index (χ4n) is 1.62. The van der Waals surface area contributed by atoms with Crippen LogP contribution in [-0.2, 0) is 14.8 Å². The van der Waals surface area contributed by atoms with Crippen molar-refractivity contribution in [2.45, 2.75) is 31.7 Å². The van der Waals surface area contributed by atoms with Crippen molar-refractivity contribution in [2.24, 2.45) is 0 Å². The summed E-state index contributed by atoms with van der Waals surface area (Å²) in [4.78, 5) is 11.0. The minimum atomic E-state index is -3.76. The third-order valence-corrected chi connectivity index (χ3v) is 4.79. The summed E-state index contributed by atoms with van der Waals surface area (Å²) >= 11 is 0. The van der Waals surface area contributed by atoms with Crippen molar-refractivity contribution in [3.05, 3.63) is 29.8 Å². The summed E-state index contributed by atoms with van der Waals surface area (Å²) in [7, 11) is -3.76. The lowest BCUT2D eigenvalue weighted by Gasteiger charge is -2.24. The zero-order valence-corrected chi connectivity index (χ0v) is 11.4. The van der Waals surface area contributed by atoms with Crippen LogP contribution < -0.4 is 0 Å². The minimum Gasteiger partial charge on any atom is -0.480 e. The summed E-state index contributed by atoms with van der Waals surface area (Å²) in [6.45, 7) is 4.94. The van der Waals surface area contributed by atoms with E-state index in [1.165, 1.54) is 19.1 Å². The molecule has 1 aromatic rings. The van der Waals surface area contributed by atoms with Gasteiger partial charge in [-0.15, -0.1) is 0 Å². The normalized spacial score (nSPS) is 13.6. The summed E-state index contributed by atoms with van der Waals surface area (Å²) in [6.07, 6.45) is 0. The molecule has 1 unspecified atom stereocenters. The van der Waals surface area contributed by atoms with Crippen LogP contribution in [-0.4, -0.2) is 36.4 Å². The number of nitrogens with zero attached hydrogens (tertiary/aromatic N) is 1. The Morgan fingerprint density at radius 3 is 2.22 bits per heavy atom. The largest absolute Gasteiger partial charge is 0.480 e. The maximum Gasteiger partial charge on any atom is 0.321 e. The first-order chi connectivity index (χ1) is 8.30. The predicted molar refractivity (Wildman–Crippen MR) is 67.8 cm³/mol. The molecular formula is C12H17NO4S. The lowest BCUT2D eigenvalue weighted by Crippen LogP contribution is -2.42. The Hall–Kier alpha value is -1.40. The summed E-state index contributed by atoms with van der Waals surface area (Å²) in [6, 6.07) is 5.27. The van der Waals surface area contributed by atoms with Gasteiger partial charge in [0.25, 0.3) is 0 Å². The van der Waals surface area contributed by atoms with Gasteiger partial charge >= 0.3 is 5.97 Å². The van der Waals surface area contributed by atoms with Crippen LogP contribution in [0.1, 0.15) is 19.4 Å². The third-order valence-electron chi connectivity index (χ3n) is 2.73. The Labute approximate surface area is 107 Å². The van der Waals surface area contributed by atoms with Crippen molar-refractivity contribution in [1.29, 1.82) is 0 Å². The van der Waals surface area contributed by atoms with Gasteiger partial charge in [-0.25, -0.2) is 8.42 Å². The van der Waals surface area contributed by atoms with E-state index in [1.54, 1.807) is 19.1 Å². The van der Waals surface area contributed by atoms with Crippen LogP contribution >= 0.6 is 0 Å². The van der Waals surface area contributed by atoms with Crippen molar-refractivity contribution in [3.63, 3.8) is 0 Å². The van der Waals surface area contributed by atoms with Gasteiger partial charge in [0.05, 0.1) is 4.90 Å². The molecule has 100 valence electrons. The van der Waals surface area contributed by atoms with E-state index >= 15 is 0 Å². The molecule has 6 heteroatoms. The molecule has 0 fully saturated rings. The standard InChI is InChI=1S/C12H17NO4S/c1-4-13(10(3)12(14)15)18(16,17)11-7-5-9(2)6-8-11/h5-8,10H,4H2,1-3H3,(H,14,15). The highest BCUT2D eigenvalue weighted by Crippen LogP contribution is 2.18. The van der Waals surface area contributed by atoms with Crippen molar-refractivity contribution < 1.29 is 18.3 Å². The first-order valence-corrected chi connectivity index (χ1v) is 7.06. The van der Waals surface area contributed by atoms with Crippen molar-refractivity contribution in [1.82, 2.24) is 4.31 Å². The van der Waals surface area contributed by atoms with Gasteiger partial charge in [-0.05, 0) is 26.0 Å². The number of aliphatic carboxylic acids is 1. The molecule has 1 rings (SSSR count). The molecule has 1 N–H and O–H groups in total. The Bertz CT molecular complexity index is 522. The highest BCUT2D eigenvalue weighted by atomic mass is 32.2. The van der Waals surface area contributed by atoms with Gasteiger partial charge in [0.2, 0.25) is 10.0 Å². The second-order valence-electron chi connectivity index (χ2n) is 4.04. The summed E-state index contributed by atoms with van der Waals surface area (Å²) in [5, 5.41) is 8.93. The Balaban J connectivity index is 3.19. The van der Waals surface area contributed by atoms with E-state index in [9.17, 15) is 13.2 Å². The number of carboxylic acids is 1.